The van der Waals surface area contributed by atoms with Crippen molar-refractivity contribution >= 4 is 55.8 Å². The summed E-state index contributed by atoms with van der Waals surface area (Å²) in [6, 6.07) is 10.3. The largest absolute Gasteiger partial charge is 0.497 e. The Morgan fingerprint density at radius 1 is 1.12 bits per heavy atom. The number of aromatic nitrogens is 1. The number of benzene rings is 2. The van der Waals surface area contributed by atoms with E-state index in [1.54, 1.807) is 43.5 Å². The van der Waals surface area contributed by atoms with Gasteiger partial charge in [0, 0.05) is 0 Å². The molecule has 1 amide bonds. The van der Waals surface area contributed by atoms with Crippen molar-refractivity contribution in [1.29, 1.82) is 0 Å². The van der Waals surface area contributed by atoms with E-state index in [-0.39, 0.29) is 12.5 Å². The third-order valence-corrected chi connectivity index (χ3v) is 4.86. The Morgan fingerprint density at radius 2 is 1.79 bits per heavy atom. The van der Waals surface area contributed by atoms with Gasteiger partial charge in [-0.1, -0.05) is 34.5 Å². The molecule has 3 rings (SSSR count). The van der Waals surface area contributed by atoms with Crippen LogP contribution in [0.15, 0.2) is 36.4 Å². The van der Waals surface area contributed by atoms with Gasteiger partial charge in [0.2, 0.25) is 0 Å². The van der Waals surface area contributed by atoms with Gasteiger partial charge in [0.05, 0.1) is 21.9 Å². The van der Waals surface area contributed by atoms with Gasteiger partial charge in [-0.15, -0.1) is 0 Å². The lowest BCUT2D eigenvalue weighted by Crippen LogP contribution is -2.19. The first-order chi connectivity index (χ1) is 11.6. The second-order valence-electron chi connectivity index (χ2n) is 4.74. The molecule has 0 spiro atoms. The first kappa shape index (κ1) is 16.8. The Morgan fingerprint density at radius 3 is 2.46 bits per heavy atom. The number of halogens is 2. The molecule has 3 aromatic rings. The van der Waals surface area contributed by atoms with Crippen LogP contribution in [-0.2, 0) is 4.79 Å². The van der Waals surface area contributed by atoms with Gasteiger partial charge in [-0.2, -0.15) is 0 Å². The standard InChI is InChI=1S/C16H12Cl2N2O3S/c1-22-9-2-4-10(5-3-9)23-8-13(21)19-16-20-14-11(17)6-7-12(18)15(14)24-16/h2-7H,8H2,1H3,(H,19,20,21). The van der Waals surface area contributed by atoms with Gasteiger partial charge >= 0.3 is 0 Å². The predicted octanol–water partition coefficient (Wildman–Crippen LogP) is 4.63. The van der Waals surface area contributed by atoms with Crippen LogP contribution in [0.3, 0.4) is 0 Å². The molecule has 0 saturated carbocycles. The van der Waals surface area contributed by atoms with Crippen LogP contribution in [0.2, 0.25) is 10.0 Å². The Hall–Kier alpha value is -2.02. The van der Waals surface area contributed by atoms with Crippen molar-refractivity contribution in [3.05, 3.63) is 46.4 Å². The smallest absolute Gasteiger partial charge is 0.264 e. The molecule has 0 aliphatic rings. The lowest BCUT2D eigenvalue weighted by molar-refractivity contribution is -0.118. The molecular weight excluding hydrogens is 371 g/mol. The fourth-order valence-corrected chi connectivity index (χ4v) is 3.41. The van der Waals surface area contributed by atoms with Crippen molar-refractivity contribution < 1.29 is 14.3 Å². The van der Waals surface area contributed by atoms with Gasteiger partial charge in [0.15, 0.2) is 11.7 Å². The third kappa shape index (κ3) is 3.72. The van der Waals surface area contributed by atoms with E-state index < -0.39 is 0 Å². The number of thiazole rings is 1. The zero-order valence-corrected chi connectivity index (χ0v) is 14.8. The minimum Gasteiger partial charge on any atom is -0.497 e. The molecule has 1 heterocycles. The normalized spacial score (nSPS) is 10.6. The monoisotopic (exact) mass is 382 g/mol. The van der Waals surface area contributed by atoms with E-state index in [1.807, 2.05) is 0 Å². The van der Waals surface area contributed by atoms with Gasteiger partial charge in [-0.25, -0.2) is 4.98 Å². The number of fused-ring (bicyclic) bond motifs is 1. The molecule has 0 aliphatic carbocycles. The topological polar surface area (TPSA) is 60.5 Å². The first-order valence-electron chi connectivity index (χ1n) is 6.88. The first-order valence-corrected chi connectivity index (χ1v) is 8.45. The molecule has 24 heavy (non-hydrogen) atoms. The second-order valence-corrected chi connectivity index (χ2v) is 6.55. The number of anilines is 1. The predicted molar refractivity (Wildman–Crippen MR) is 96.8 cm³/mol. The number of carbonyl (C=O) groups is 1. The highest BCUT2D eigenvalue weighted by molar-refractivity contribution is 7.23. The summed E-state index contributed by atoms with van der Waals surface area (Å²) in [5.41, 5.74) is 0.570. The summed E-state index contributed by atoms with van der Waals surface area (Å²) in [7, 11) is 1.58. The molecule has 0 unspecified atom stereocenters. The maximum absolute atomic E-state index is 12.0. The zero-order valence-electron chi connectivity index (χ0n) is 12.5. The molecule has 8 heteroatoms. The molecule has 2 aromatic carbocycles. The van der Waals surface area contributed by atoms with Gasteiger partial charge < -0.3 is 9.47 Å². The summed E-state index contributed by atoms with van der Waals surface area (Å²) in [5, 5.41) is 4.13. The summed E-state index contributed by atoms with van der Waals surface area (Å²) >= 11 is 13.5. The number of nitrogens with zero attached hydrogens (tertiary/aromatic N) is 1. The van der Waals surface area contributed by atoms with Crippen LogP contribution in [0.5, 0.6) is 11.5 Å². The van der Waals surface area contributed by atoms with E-state index in [1.165, 1.54) is 11.3 Å². The average Bonchev–Trinajstić information content (AvgIpc) is 3.02. The molecule has 124 valence electrons. The Kier molecular flexibility index (Phi) is 5.08. The fraction of sp³-hybridized carbons (Fsp3) is 0.125. The second kappa shape index (κ2) is 7.25. The van der Waals surface area contributed by atoms with Crippen molar-refractivity contribution in [1.82, 2.24) is 4.98 Å². The van der Waals surface area contributed by atoms with Crippen LogP contribution in [0.25, 0.3) is 10.2 Å². The van der Waals surface area contributed by atoms with E-state index in [4.69, 9.17) is 32.7 Å². The van der Waals surface area contributed by atoms with Crippen LogP contribution in [0, 0.1) is 0 Å². The molecule has 0 aliphatic heterocycles. The number of ether oxygens (including phenoxy) is 2. The molecule has 0 saturated heterocycles. The maximum Gasteiger partial charge on any atom is 0.264 e. The number of hydrogen-bond donors (Lipinski definition) is 1. The van der Waals surface area contributed by atoms with E-state index in [2.05, 4.69) is 10.3 Å². The lowest BCUT2D eigenvalue weighted by atomic mass is 10.3. The highest BCUT2D eigenvalue weighted by Gasteiger charge is 2.13. The lowest BCUT2D eigenvalue weighted by Gasteiger charge is -2.06. The fourth-order valence-electron chi connectivity index (χ4n) is 1.97. The van der Waals surface area contributed by atoms with Gasteiger partial charge in [0.1, 0.15) is 17.0 Å². The number of carbonyl (C=O) groups excluding carboxylic acids is 1. The van der Waals surface area contributed by atoms with Crippen LogP contribution < -0.4 is 14.8 Å². The Balaban J connectivity index is 1.64. The summed E-state index contributed by atoms with van der Waals surface area (Å²) < 4.78 is 11.2. The molecule has 0 bridgehead atoms. The quantitative estimate of drug-likeness (QED) is 0.698. The van der Waals surface area contributed by atoms with E-state index >= 15 is 0 Å². The van der Waals surface area contributed by atoms with Crippen molar-refractivity contribution in [2.75, 3.05) is 19.0 Å². The average molecular weight is 383 g/mol. The van der Waals surface area contributed by atoms with Gasteiger partial charge in [-0.05, 0) is 36.4 Å². The highest BCUT2D eigenvalue weighted by atomic mass is 35.5. The number of hydrogen-bond acceptors (Lipinski definition) is 5. The van der Waals surface area contributed by atoms with E-state index in [0.29, 0.717) is 26.4 Å². The van der Waals surface area contributed by atoms with Crippen LogP contribution in [-0.4, -0.2) is 24.6 Å². The number of methoxy groups -OCH3 is 1. The molecule has 1 aromatic heterocycles. The maximum atomic E-state index is 12.0. The molecule has 0 radical (unpaired) electrons. The Labute approximate surface area is 152 Å². The minimum atomic E-state index is -0.322. The van der Waals surface area contributed by atoms with Crippen molar-refractivity contribution in [2.24, 2.45) is 0 Å². The van der Waals surface area contributed by atoms with Crippen molar-refractivity contribution in [3.8, 4) is 11.5 Å². The molecule has 0 fully saturated rings. The van der Waals surface area contributed by atoms with Crippen molar-refractivity contribution in [3.63, 3.8) is 0 Å². The SMILES string of the molecule is COc1ccc(OCC(=O)Nc2nc3c(Cl)ccc(Cl)c3s2)cc1. The summed E-state index contributed by atoms with van der Waals surface area (Å²) in [5.74, 6) is 0.966. The minimum absolute atomic E-state index is 0.135. The van der Waals surface area contributed by atoms with Crippen molar-refractivity contribution in [2.45, 2.75) is 0 Å². The van der Waals surface area contributed by atoms with Crippen LogP contribution in [0.1, 0.15) is 0 Å². The zero-order chi connectivity index (χ0) is 17.1. The van der Waals surface area contributed by atoms with E-state index in [0.717, 1.165) is 10.4 Å². The van der Waals surface area contributed by atoms with E-state index in [9.17, 15) is 4.79 Å². The highest BCUT2D eigenvalue weighted by Crippen LogP contribution is 2.35. The molecule has 5 nitrogen and oxygen atoms in total. The molecular formula is C16H12Cl2N2O3S. The summed E-state index contributed by atoms with van der Waals surface area (Å²) in [4.78, 5) is 16.3. The summed E-state index contributed by atoms with van der Waals surface area (Å²) in [6.45, 7) is -0.135. The third-order valence-electron chi connectivity index (χ3n) is 3.12. The number of rotatable bonds is 5. The van der Waals surface area contributed by atoms with Gasteiger partial charge in [-0.3, -0.25) is 10.1 Å². The Bertz CT molecular complexity index is 842. The molecule has 1 N–H and O–H groups in total. The number of amides is 1. The van der Waals surface area contributed by atoms with Crippen LogP contribution in [0.4, 0.5) is 5.13 Å². The number of nitrogens with one attached hydrogen (secondary N) is 1. The van der Waals surface area contributed by atoms with Crippen LogP contribution >= 0.6 is 34.5 Å². The van der Waals surface area contributed by atoms with Gasteiger partial charge in [0.25, 0.3) is 5.91 Å². The molecule has 0 atom stereocenters. The summed E-state index contributed by atoms with van der Waals surface area (Å²) in [6.07, 6.45) is 0.